The number of likely N-dealkylation sites (N-methyl/N-ethyl adjacent to an activating group) is 1. The van der Waals surface area contributed by atoms with Gasteiger partial charge in [0.05, 0.1) is 22.7 Å². The van der Waals surface area contributed by atoms with Crippen molar-refractivity contribution in [2.24, 2.45) is 0 Å². The normalized spacial score (nSPS) is 19.8. The van der Waals surface area contributed by atoms with Gasteiger partial charge in [0.15, 0.2) is 0 Å². The third kappa shape index (κ3) is 2.46. The van der Waals surface area contributed by atoms with E-state index >= 15 is 0 Å². The number of hydrogen-bond donors (Lipinski definition) is 0. The van der Waals surface area contributed by atoms with Crippen LogP contribution in [0.5, 0.6) is 0 Å². The fourth-order valence-electron chi connectivity index (χ4n) is 3.04. The topological polar surface area (TPSA) is 57.7 Å². The number of carbonyl (C=O) groups is 3. The molecule has 2 aromatic carbocycles. The Bertz CT molecular complexity index is 937. The highest BCUT2D eigenvalue weighted by molar-refractivity contribution is 8.18. The third-order valence-electron chi connectivity index (χ3n) is 4.31. The molecular weight excluding hydrogens is 336 g/mol. The summed E-state index contributed by atoms with van der Waals surface area (Å²) in [4.78, 5) is 40.7. The summed E-state index contributed by atoms with van der Waals surface area (Å²) in [6.45, 7) is 0.202. The van der Waals surface area contributed by atoms with Crippen LogP contribution in [0.25, 0.3) is 5.57 Å². The summed E-state index contributed by atoms with van der Waals surface area (Å²) in [6.07, 6.45) is 0. The van der Waals surface area contributed by atoms with Crippen molar-refractivity contribution in [2.45, 2.75) is 6.54 Å². The van der Waals surface area contributed by atoms with Crippen LogP contribution in [0.15, 0.2) is 59.5 Å². The van der Waals surface area contributed by atoms with Gasteiger partial charge in [-0.25, -0.2) is 0 Å². The molecule has 0 spiro atoms. The third-order valence-corrected chi connectivity index (χ3v) is 5.29. The maximum absolute atomic E-state index is 12.8. The molecule has 0 atom stereocenters. The van der Waals surface area contributed by atoms with E-state index in [1.165, 1.54) is 9.80 Å². The lowest BCUT2D eigenvalue weighted by molar-refractivity contribution is -0.123. The van der Waals surface area contributed by atoms with Crippen LogP contribution < -0.4 is 4.90 Å². The monoisotopic (exact) mass is 350 g/mol. The molecule has 0 N–H and O–H groups in total. The molecule has 0 saturated carbocycles. The molecule has 0 radical (unpaired) electrons. The lowest BCUT2D eigenvalue weighted by Gasteiger charge is -2.12. The molecule has 124 valence electrons. The Morgan fingerprint density at radius 1 is 0.880 bits per heavy atom. The van der Waals surface area contributed by atoms with Gasteiger partial charge in [0.25, 0.3) is 17.1 Å². The van der Waals surface area contributed by atoms with Crippen molar-refractivity contribution in [3.8, 4) is 0 Å². The van der Waals surface area contributed by atoms with Crippen LogP contribution in [0, 0.1) is 0 Å². The zero-order valence-electron chi connectivity index (χ0n) is 13.4. The molecule has 1 saturated heterocycles. The van der Waals surface area contributed by atoms with E-state index in [1.807, 2.05) is 48.5 Å². The zero-order valence-corrected chi connectivity index (χ0v) is 14.2. The first-order valence-electron chi connectivity index (χ1n) is 7.77. The van der Waals surface area contributed by atoms with Gasteiger partial charge in [-0.1, -0.05) is 48.5 Å². The number of imide groups is 1. The molecule has 0 unspecified atom stereocenters. The Balaban J connectivity index is 1.75. The van der Waals surface area contributed by atoms with Gasteiger partial charge in [0.2, 0.25) is 0 Å². The number of thioether (sulfide) groups is 1. The highest BCUT2D eigenvalue weighted by Crippen LogP contribution is 2.44. The van der Waals surface area contributed by atoms with Gasteiger partial charge in [0.1, 0.15) is 0 Å². The Hall–Kier alpha value is -2.86. The molecule has 4 rings (SSSR count). The molecule has 25 heavy (non-hydrogen) atoms. The molecule has 3 amide bonds. The summed E-state index contributed by atoms with van der Waals surface area (Å²) < 4.78 is 0. The molecule has 2 heterocycles. The summed E-state index contributed by atoms with van der Waals surface area (Å²) in [5, 5.41) is -0.351. The molecule has 2 aliphatic heterocycles. The van der Waals surface area contributed by atoms with Gasteiger partial charge < -0.3 is 4.90 Å². The smallest absolute Gasteiger partial charge is 0.293 e. The van der Waals surface area contributed by atoms with Crippen LogP contribution >= 0.6 is 11.8 Å². The van der Waals surface area contributed by atoms with Crippen molar-refractivity contribution in [3.63, 3.8) is 0 Å². The minimum absolute atomic E-state index is 0.202. The average molecular weight is 350 g/mol. The van der Waals surface area contributed by atoms with Gasteiger partial charge in [-0.05, 0) is 23.4 Å². The van der Waals surface area contributed by atoms with Gasteiger partial charge in [-0.15, -0.1) is 0 Å². The summed E-state index contributed by atoms with van der Waals surface area (Å²) in [5.74, 6) is -0.668. The average Bonchev–Trinajstić information content (AvgIpc) is 3.04. The van der Waals surface area contributed by atoms with Gasteiger partial charge in [-0.3, -0.25) is 19.3 Å². The molecule has 0 aliphatic carbocycles. The Labute approximate surface area is 148 Å². The molecule has 1 fully saturated rings. The number of carbonyl (C=O) groups excluding carboxylic acids is 3. The molecule has 6 heteroatoms. The molecule has 5 nitrogen and oxygen atoms in total. The van der Waals surface area contributed by atoms with E-state index in [1.54, 1.807) is 13.1 Å². The molecule has 0 bridgehead atoms. The van der Waals surface area contributed by atoms with Gasteiger partial charge in [0, 0.05) is 12.6 Å². The molecular formula is C19H14N2O3S. The van der Waals surface area contributed by atoms with E-state index in [4.69, 9.17) is 0 Å². The fourth-order valence-corrected chi connectivity index (χ4v) is 3.97. The van der Waals surface area contributed by atoms with Gasteiger partial charge >= 0.3 is 0 Å². The first-order valence-corrected chi connectivity index (χ1v) is 8.59. The SMILES string of the molecule is CN1C(=O)/C(=C2/SC(=O)N(Cc3ccccc3)C2=O)c2ccccc21. The highest BCUT2D eigenvalue weighted by Gasteiger charge is 2.42. The van der Waals surface area contributed by atoms with Crippen molar-refractivity contribution in [1.82, 2.24) is 4.90 Å². The lowest BCUT2D eigenvalue weighted by atomic mass is 10.1. The minimum atomic E-state index is -0.410. The van der Waals surface area contributed by atoms with E-state index in [0.29, 0.717) is 11.1 Å². The maximum atomic E-state index is 12.8. The Kier molecular flexibility index (Phi) is 3.69. The van der Waals surface area contributed by atoms with Crippen LogP contribution in [0.2, 0.25) is 0 Å². The molecule has 2 aromatic rings. The number of hydrogen-bond acceptors (Lipinski definition) is 4. The fraction of sp³-hybridized carbons (Fsp3) is 0.105. The number of anilines is 1. The summed E-state index contributed by atoms with van der Waals surface area (Å²) in [6, 6.07) is 16.6. The van der Waals surface area contributed by atoms with E-state index < -0.39 is 5.91 Å². The zero-order chi connectivity index (χ0) is 17.6. The quantitative estimate of drug-likeness (QED) is 0.780. The second-order valence-corrected chi connectivity index (χ2v) is 6.79. The van der Waals surface area contributed by atoms with E-state index in [-0.39, 0.29) is 22.6 Å². The number of fused-ring (bicyclic) bond motifs is 1. The minimum Gasteiger partial charge on any atom is -0.311 e. The number of para-hydroxylation sites is 1. The van der Waals surface area contributed by atoms with E-state index in [2.05, 4.69) is 0 Å². The maximum Gasteiger partial charge on any atom is 0.293 e. The lowest BCUT2D eigenvalue weighted by Crippen LogP contribution is -2.28. The number of amides is 3. The number of rotatable bonds is 2. The van der Waals surface area contributed by atoms with Crippen LogP contribution in [0.3, 0.4) is 0 Å². The largest absolute Gasteiger partial charge is 0.311 e. The summed E-state index contributed by atoms with van der Waals surface area (Å²) >= 11 is 0.837. The van der Waals surface area contributed by atoms with Crippen molar-refractivity contribution in [3.05, 3.63) is 70.6 Å². The molecule has 2 aliphatic rings. The van der Waals surface area contributed by atoms with Crippen LogP contribution in [0.1, 0.15) is 11.1 Å². The summed E-state index contributed by atoms with van der Waals surface area (Å²) in [5.41, 5.74) is 2.63. The predicted octanol–water partition coefficient (Wildman–Crippen LogP) is 3.27. The highest BCUT2D eigenvalue weighted by atomic mass is 32.2. The number of nitrogens with zero attached hydrogens (tertiary/aromatic N) is 2. The standard InChI is InChI=1S/C19H14N2O3S/c1-20-14-10-6-5-9-13(14)15(17(20)22)16-18(23)21(19(24)25-16)11-12-7-3-2-4-8-12/h2-10H,11H2,1H3/b16-15+. The van der Waals surface area contributed by atoms with Crippen molar-refractivity contribution in [2.75, 3.05) is 11.9 Å². The number of benzene rings is 2. The summed E-state index contributed by atoms with van der Waals surface area (Å²) in [7, 11) is 1.67. The van der Waals surface area contributed by atoms with Crippen molar-refractivity contribution in [1.29, 1.82) is 0 Å². The second-order valence-electron chi connectivity index (χ2n) is 5.83. The van der Waals surface area contributed by atoms with Crippen molar-refractivity contribution < 1.29 is 14.4 Å². The van der Waals surface area contributed by atoms with Crippen LogP contribution in [-0.4, -0.2) is 29.0 Å². The van der Waals surface area contributed by atoms with E-state index in [0.717, 1.165) is 23.0 Å². The Morgan fingerprint density at radius 2 is 1.56 bits per heavy atom. The predicted molar refractivity (Wildman–Crippen MR) is 96.8 cm³/mol. The van der Waals surface area contributed by atoms with Gasteiger partial charge in [-0.2, -0.15) is 0 Å². The first kappa shape index (κ1) is 15.7. The van der Waals surface area contributed by atoms with Crippen molar-refractivity contribution >= 4 is 40.1 Å². The first-order chi connectivity index (χ1) is 12.1. The second kappa shape index (κ2) is 5.89. The van der Waals surface area contributed by atoms with E-state index in [9.17, 15) is 14.4 Å². The van der Waals surface area contributed by atoms with Crippen LogP contribution in [0.4, 0.5) is 10.5 Å². The Morgan fingerprint density at radius 3 is 2.32 bits per heavy atom. The molecule has 0 aromatic heterocycles. The van der Waals surface area contributed by atoms with Crippen LogP contribution in [-0.2, 0) is 16.1 Å².